The van der Waals surface area contributed by atoms with Crippen molar-refractivity contribution in [1.29, 1.82) is 0 Å². The molecule has 0 bridgehead atoms. The molecule has 5 heteroatoms. The second-order valence-electron chi connectivity index (χ2n) is 4.68. The first kappa shape index (κ1) is 15.9. The monoisotopic (exact) mass is 461 g/mol. The van der Waals surface area contributed by atoms with Crippen molar-refractivity contribution >= 4 is 53.5 Å². The van der Waals surface area contributed by atoms with Gasteiger partial charge in [0.15, 0.2) is 0 Å². The number of aromatic hydroxyl groups is 1. The minimum atomic E-state index is 0.375. The first-order valence-corrected chi connectivity index (χ1v) is 8.44. The van der Waals surface area contributed by atoms with Gasteiger partial charge in [0.1, 0.15) is 5.75 Å². The van der Waals surface area contributed by atoms with Gasteiger partial charge in [0.2, 0.25) is 0 Å². The largest absolute Gasteiger partial charge is 0.507 e. The molecule has 2 nitrogen and oxygen atoms in total. The molecule has 0 fully saturated rings. The van der Waals surface area contributed by atoms with Crippen LogP contribution < -0.4 is 5.32 Å². The van der Waals surface area contributed by atoms with Gasteiger partial charge in [-0.2, -0.15) is 0 Å². The normalized spacial score (nSPS) is 10.7. The summed E-state index contributed by atoms with van der Waals surface area (Å²) in [6, 6.07) is 7.99. The predicted molar refractivity (Wildman–Crippen MR) is 94.4 cm³/mol. The van der Waals surface area contributed by atoms with Gasteiger partial charge in [-0.15, -0.1) is 0 Å². The minimum absolute atomic E-state index is 0.375. The molecule has 2 rings (SSSR count). The summed E-state index contributed by atoms with van der Waals surface area (Å²) in [6.07, 6.45) is 0. The van der Waals surface area contributed by atoms with Gasteiger partial charge in [0.05, 0.1) is 5.69 Å². The first-order valence-electron chi connectivity index (χ1n) is 6.06. The second-order valence-corrected chi connectivity index (χ2v) is 7.30. The van der Waals surface area contributed by atoms with Crippen molar-refractivity contribution in [3.8, 4) is 5.75 Å². The highest BCUT2D eigenvalue weighted by Gasteiger charge is 2.08. The summed E-state index contributed by atoms with van der Waals surface area (Å²) in [5.41, 5.74) is 3.95. The van der Waals surface area contributed by atoms with Crippen molar-refractivity contribution in [3.63, 3.8) is 0 Å². The number of phenolic OH excluding ortho intramolecular Hbond substituents is 1. The quantitative estimate of drug-likeness (QED) is 0.593. The second kappa shape index (κ2) is 6.50. The molecule has 2 aromatic rings. The molecule has 0 amide bonds. The molecule has 0 radical (unpaired) electrons. The van der Waals surface area contributed by atoms with Gasteiger partial charge in [-0.25, -0.2) is 0 Å². The number of phenols is 1. The first-order chi connectivity index (χ1) is 9.38. The van der Waals surface area contributed by atoms with Gasteiger partial charge < -0.3 is 10.4 Å². The predicted octanol–water partition coefficient (Wildman–Crippen LogP) is 5.91. The molecule has 0 aliphatic rings. The Bertz CT molecular complexity index is 610. The van der Waals surface area contributed by atoms with Gasteiger partial charge in [0.25, 0.3) is 0 Å². The van der Waals surface area contributed by atoms with E-state index >= 15 is 0 Å². The summed E-state index contributed by atoms with van der Waals surface area (Å²) in [5, 5.41) is 13.2. The van der Waals surface area contributed by atoms with Crippen LogP contribution in [0.15, 0.2) is 37.7 Å². The minimum Gasteiger partial charge on any atom is -0.507 e. The molecular formula is C15H14Br3NO. The maximum atomic E-state index is 9.79. The van der Waals surface area contributed by atoms with Crippen molar-refractivity contribution in [2.24, 2.45) is 0 Å². The van der Waals surface area contributed by atoms with E-state index in [-0.39, 0.29) is 0 Å². The molecule has 0 saturated carbocycles. The molecule has 106 valence electrons. The van der Waals surface area contributed by atoms with Crippen LogP contribution in [0.2, 0.25) is 0 Å². The van der Waals surface area contributed by atoms with Crippen molar-refractivity contribution in [2.75, 3.05) is 5.32 Å². The van der Waals surface area contributed by atoms with Crippen LogP contribution in [0.1, 0.15) is 16.7 Å². The molecule has 0 spiro atoms. The Balaban J connectivity index is 2.21. The number of hydrogen-bond acceptors (Lipinski definition) is 2. The van der Waals surface area contributed by atoms with Gasteiger partial charge >= 0.3 is 0 Å². The van der Waals surface area contributed by atoms with Crippen LogP contribution in [0.5, 0.6) is 5.75 Å². The number of anilines is 1. The average Bonchev–Trinajstić information content (AvgIpc) is 2.34. The summed E-state index contributed by atoms with van der Waals surface area (Å²) < 4.78 is 3.00. The summed E-state index contributed by atoms with van der Waals surface area (Å²) in [5.74, 6) is 0.375. The third-order valence-electron chi connectivity index (χ3n) is 3.03. The molecule has 0 aliphatic heterocycles. The fraction of sp³-hybridized carbons (Fsp3) is 0.200. The maximum Gasteiger partial charge on any atom is 0.121 e. The number of aryl methyl sites for hydroxylation is 2. The Kier molecular flexibility index (Phi) is 5.15. The molecule has 20 heavy (non-hydrogen) atoms. The zero-order chi connectivity index (χ0) is 14.9. The van der Waals surface area contributed by atoms with E-state index in [4.69, 9.17) is 0 Å². The summed E-state index contributed by atoms with van der Waals surface area (Å²) >= 11 is 10.6. The van der Waals surface area contributed by atoms with Crippen LogP contribution in [-0.2, 0) is 6.54 Å². The molecular weight excluding hydrogens is 450 g/mol. The smallest absolute Gasteiger partial charge is 0.121 e. The van der Waals surface area contributed by atoms with Crippen LogP contribution in [-0.4, -0.2) is 5.11 Å². The van der Waals surface area contributed by atoms with Gasteiger partial charge in [0, 0.05) is 20.0 Å². The van der Waals surface area contributed by atoms with Crippen molar-refractivity contribution in [2.45, 2.75) is 20.4 Å². The van der Waals surface area contributed by atoms with E-state index in [9.17, 15) is 5.11 Å². The lowest BCUT2D eigenvalue weighted by atomic mass is 10.1. The van der Waals surface area contributed by atoms with Gasteiger partial charge in [-0.1, -0.05) is 28.1 Å². The van der Waals surface area contributed by atoms with Crippen LogP contribution in [0.4, 0.5) is 5.69 Å². The average molecular weight is 464 g/mol. The van der Waals surface area contributed by atoms with E-state index in [1.165, 1.54) is 0 Å². The van der Waals surface area contributed by atoms with Crippen molar-refractivity contribution in [3.05, 3.63) is 54.4 Å². The van der Waals surface area contributed by atoms with E-state index in [1.54, 1.807) is 0 Å². The highest BCUT2D eigenvalue weighted by Crippen LogP contribution is 2.34. The number of rotatable bonds is 3. The summed E-state index contributed by atoms with van der Waals surface area (Å²) in [4.78, 5) is 0. The summed E-state index contributed by atoms with van der Waals surface area (Å²) in [6.45, 7) is 4.52. The SMILES string of the molecule is Cc1cc(CNc2c(Br)cc(Br)cc2Br)cc(C)c1O. The standard InChI is InChI=1S/C15H14Br3NO/c1-8-3-10(4-9(2)15(8)20)7-19-14-12(17)5-11(16)6-13(14)18/h3-6,19-20H,7H2,1-2H3. The highest BCUT2D eigenvalue weighted by atomic mass is 79.9. The molecule has 0 unspecified atom stereocenters. The Morgan fingerprint density at radius 1 is 0.950 bits per heavy atom. The lowest BCUT2D eigenvalue weighted by Crippen LogP contribution is -2.02. The van der Waals surface area contributed by atoms with E-state index in [0.717, 1.165) is 35.8 Å². The Morgan fingerprint density at radius 3 is 1.95 bits per heavy atom. The fourth-order valence-electron chi connectivity index (χ4n) is 2.05. The van der Waals surface area contributed by atoms with Crippen LogP contribution in [0, 0.1) is 13.8 Å². The van der Waals surface area contributed by atoms with E-state index in [0.29, 0.717) is 12.3 Å². The topological polar surface area (TPSA) is 32.3 Å². The van der Waals surface area contributed by atoms with Crippen LogP contribution in [0.25, 0.3) is 0 Å². The van der Waals surface area contributed by atoms with E-state index in [1.807, 2.05) is 38.1 Å². The van der Waals surface area contributed by atoms with Crippen LogP contribution >= 0.6 is 47.8 Å². The lowest BCUT2D eigenvalue weighted by molar-refractivity contribution is 0.466. The summed E-state index contributed by atoms with van der Waals surface area (Å²) in [7, 11) is 0. The number of nitrogens with one attached hydrogen (secondary N) is 1. The molecule has 0 atom stereocenters. The molecule has 2 aromatic carbocycles. The maximum absolute atomic E-state index is 9.79. The fourth-order valence-corrected chi connectivity index (χ4v) is 4.59. The highest BCUT2D eigenvalue weighted by molar-refractivity contribution is 9.11. The van der Waals surface area contributed by atoms with Gasteiger partial charge in [-0.3, -0.25) is 0 Å². The van der Waals surface area contributed by atoms with Crippen molar-refractivity contribution in [1.82, 2.24) is 0 Å². The van der Waals surface area contributed by atoms with E-state index in [2.05, 4.69) is 53.1 Å². The Morgan fingerprint density at radius 2 is 1.45 bits per heavy atom. The Labute approximate surface area is 144 Å². The van der Waals surface area contributed by atoms with Crippen LogP contribution in [0.3, 0.4) is 0 Å². The number of hydrogen-bond donors (Lipinski definition) is 2. The van der Waals surface area contributed by atoms with E-state index < -0.39 is 0 Å². The number of benzene rings is 2. The van der Waals surface area contributed by atoms with Crippen molar-refractivity contribution < 1.29 is 5.11 Å². The van der Waals surface area contributed by atoms with Gasteiger partial charge in [-0.05, 0) is 74.5 Å². The zero-order valence-electron chi connectivity index (χ0n) is 11.1. The Hall–Kier alpha value is -0.520. The molecule has 0 aliphatic carbocycles. The number of halogens is 3. The molecule has 0 saturated heterocycles. The zero-order valence-corrected chi connectivity index (χ0v) is 15.9. The third kappa shape index (κ3) is 3.57. The molecule has 2 N–H and O–H groups in total. The molecule has 0 heterocycles. The lowest BCUT2D eigenvalue weighted by Gasteiger charge is -2.13. The molecule has 0 aromatic heterocycles. The third-order valence-corrected chi connectivity index (χ3v) is 4.74.